The predicted molar refractivity (Wildman–Crippen MR) is 112 cm³/mol. The Morgan fingerprint density at radius 1 is 0.964 bits per heavy atom. The van der Waals surface area contributed by atoms with Crippen LogP contribution in [-0.2, 0) is 22.6 Å². The van der Waals surface area contributed by atoms with E-state index in [4.69, 9.17) is 14.2 Å². The molecule has 5 nitrogen and oxygen atoms in total. The Bertz CT molecular complexity index is 759. The second-order valence-electron chi connectivity index (χ2n) is 6.37. The minimum absolute atomic E-state index is 0.197. The normalized spacial score (nSPS) is 11.3. The summed E-state index contributed by atoms with van der Waals surface area (Å²) in [4.78, 5) is 4.66. The molecular formula is C23H29NO4. The minimum atomic E-state index is 0.197. The van der Waals surface area contributed by atoms with Gasteiger partial charge in [-0.25, -0.2) is 0 Å². The fourth-order valence-corrected chi connectivity index (χ4v) is 2.71. The maximum absolute atomic E-state index is 5.84. The second-order valence-corrected chi connectivity index (χ2v) is 6.37. The molecule has 5 heteroatoms. The van der Waals surface area contributed by atoms with E-state index in [1.807, 2.05) is 57.2 Å². The van der Waals surface area contributed by atoms with Crippen molar-refractivity contribution in [3.63, 3.8) is 0 Å². The van der Waals surface area contributed by atoms with Gasteiger partial charge in [-0.1, -0.05) is 41.6 Å². The number of ether oxygens (including phenoxy) is 3. The number of hydrogen-bond acceptors (Lipinski definition) is 5. The fraction of sp³-hybridized carbons (Fsp3) is 0.348. The van der Waals surface area contributed by atoms with Crippen LogP contribution in [0.3, 0.4) is 0 Å². The van der Waals surface area contributed by atoms with E-state index in [-0.39, 0.29) is 6.79 Å². The van der Waals surface area contributed by atoms with Crippen LogP contribution in [0.5, 0.6) is 11.5 Å². The third kappa shape index (κ3) is 7.08. The molecule has 0 radical (unpaired) electrons. The van der Waals surface area contributed by atoms with Crippen LogP contribution in [-0.4, -0.2) is 26.7 Å². The van der Waals surface area contributed by atoms with E-state index in [1.165, 1.54) is 12.7 Å². The third-order valence-electron chi connectivity index (χ3n) is 4.10. The van der Waals surface area contributed by atoms with Crippen molar-refractivity contribution >= 4 is 6.21 Å². The summed E-state index contributed by atoms with van der Waals surface area (Å²) in [6.45, 7) is 7.25. The van der Waals surface area contributed by atoms with Gasteiger partial charge in [-0.15, -0.1) is 0 Å². The van der Waals surface area contributed by atoms with Crippen molar-refractivity contribution in [2.24, 2.45) is 5.16 Å². The highest BCUT2D eigenvalue weighted by atomic mass is 16.7. The van der Waals surface area contributed by atoms with Crippen molar-refractivity contribution in [2.45, 2.75) is 33.8 Å². The van der Waals surface area contributed by atoms with Gasteiger partial charge in [-0.3, -0.25) is 0 Å². The smallest absolute Gasteiger partial charge is 0.189 e. The average molecular weight is 383 g/mol. The van der Waals surface area contributed by atoms with Crippen LogP contribution < -0.4 is 9.47 Å². The molecular weight excluding hydrogens is 354 g/mol. The lowest BCUT2D eigenvalue weighted by molar-refractivity contribution is 0.00427. The van der Waals surface area contributed by atoms with Crippen molar-refractivity contribution in [2.75, 3.05) is 20.5 Å². The highest BCUT2D eigenvalue weighted by Crippen LogP contribution is 2.28. The maximum atomic E-state index is 5.84. The lowest BCUT2D eigenvalue weighted by atomic mass is 10.1. The van der Waals surface area contributed by atoms with Crippen molar-refractivity contribution in [3.05, 3.63) is 70.8 Å². The van der Waals surface area contributed by atoms with Crippen LogP contribution in [0.4, 0.5) is 0 Å². The molecule has 0 saturated heterocycles. The SMILES string of the molecule is C/C=C/COc1cc(C)c(OCOCc2ccc(CC=NOC)cc2)c(C)c1. The fourth-order valence-electron chi connectivity index (χ4n) is 2.71. The summed E-state index contributed by atoms with van der Waals surface area (Å²) in [5.41, 5.74) is 4.32. The molecule has 0 bridgehead atoms. The Hall–Kier alpha value is -2.79. The van der Waals surface area contributed by atoms with E-state index in [2.05, 4.69) is 22.1 Å². The Balaban J connectivity index is 1.80. The number of rotatable bonds is 11. The summed E-state index contributed by atoms with van der Waals surface area (Å²) >= 11 is 0. The summed E-state index contributed by atoms with van der Waals surface area (Å²) in [6.07, 6.45) is 6.42. The van der Waals surface area contributed by atoms with Gasteiger partial charge in [0.1, 0.15) is 25.2 Å². The van der Waals surface area contributed by atoms with E-state index in [0.717, 1.165) is 34.6 Å². The molecule has 0 N–H and O–H groups in total. The molecule has 0 unspecified atom stereocenters. The third-order valence-corrected chi connectivity index (χ3v) is 4.10. The number of nitrogens with zero attached hydrogens (tertiary/aromatic N) is 1. The molecule has 0 amide bonds. The molecule has 2 rings (SSSR count). The first-order chi connectivity index (χ1) is 13.6. The zero-order chi connectivity index (χ0) is 20.2. The first-order valence-electron chi connectivity index (χ1n) is 9.32. The Labute approximate surface area is 167 Å². The topological polar surface area (TPSA) is 49.3 Å². The van der Waals surface area contributed by atoms with Gasteiger partial charge < -0.3 is 19.0 Å². The lowest BCUT2D eigenvalue weighted by Crippen LogP contribution is -2.06. The molecule has 0 spiro atoms. The number of allylic oxidation sites excluding steroid dienone is 1. The quantitative estimate of drug-likeness (QED) is 0.180. The molecule has 0 aliphatic carbocycles. The Morgan fingerprint density at radius 3 is 2.29 bits per heavy atom. The molecule has 0 fully saturated rings. The molecule has 2 aromatic rings. The van der Waals surface area contributed by atoms with E-state index >= 15 is 0 Å². The highest BCUT2D eigenvalue weighted by molar-refractivity contribution is 5.60. The molecule has 2 aromatic carbocycles. The molecule has 0 atom stereocenters. The summed E-state index contributed by atoms with van der Waals surface area (Å²) in [6, 6.07) is 12.2. The van der Waals surface area contributed by atoms with Gasteiger partial charge in [-0.05, 0) is 55.2 Å². The van der Waals surface area contributed by atoms with Crippen molar-refractivity contribution < 1.29 is 19.0 Å². The van der Waals surface area contributed by atoms with Crippen LogP contribution >= 0.6 is 0 Å². The summed E-state index contributed by atoms with van der Waals surface area (Å²) in [5.74, 6) is 1.68. The summed E-state index contributed by atoms with van der Waals surface area (Å²) < 4.78 is 17.2. The molecule has 0 aromatic heterocycles. The Kier molecular flexibility index (Phi) is 9.08. The van der Waals surface area contributed by atoms with Crippen molar-refractivity contribution in [1.82, 2.24) is 0 Å². The monoisotopic (exact) mass is 383 g/mol. The number of oxime groups is 1. The standard InChI is InChI=1S/C23H29NO4/c1-5-6-13-27-22-14-18(2)23(19(3)15-22)28-17-26-16-21-9-7-20(8-10-21)11-12-24-25-4/h5-10,12,14-15H,11,13,16-17H2,1-4H3/b6-5+,24-12?. The van der Waals surface area contributed by atoms with Crippen LogP contribution in [0.1, 0.15) is 29.2 Å². The van der Waals surface area contributed by atoms with Crippen LogP contribution in [0, 0.1) is 13.8 Å². The van der Waals surface area contributed by atoms with Gasteiger partial charge in [-0.2, -0.15) is 0 Å². The van der Waals surface area contributed by atoms with Gasteiger partial charge in [0.2, 0.25) is 0 Å². The zero-order valence-electron chi connectivity index (χ0n) is 17.1. The van der Waals surface area contributed by atoms with Crippen molar-refractivity contribution in [1.29, 1.82) is 0 Å². The number of aryl methyl sites for hydroxylation is 2. The number of benzene rings is 2. The van der Waals surface area contributed by atoms with Gasteiger partial charge in [0.25, 0.3) is 0 Å². The highest BCUT2D eigenvalue weighted by Gasteiger charge is 2.07. The van der Waals surface area contributed by atoms with Crippen LogP contribution in [0.15, 0.2) is 53.7 Å². The van der Waals surface area contributed by atoms with E-state index in [9.17, 15) is 0 Å². The van der Waals surface area contributed by atoms with Gasteiger partial charge in [0.05, 0.1) is 6.61 Å². The molecule has 0 saturated carbocycles. The first-order valence-corrected chi connectivity index (χ1v) is 9.32. The summed E-state index contributed by atoms with van der Waals surface area (Å²) in [5, 5.41) is 3.74. The first kappa shape index (κ1) is 21.5. The average Bonchev–Trinajstić information content (AvgIpc) is 2.68. The molecule has 0 aliphatic rings. The maximum Gasteiger partial charge on any atom is 0.189 e. The predicted octanol–water partition coefficient (Wildman–Crippen LogP) is 4.99. The summed E-state index contributed by atoms with van der Waals surface area (Å²) in [7, 11) is 1.54. The zero-order valence-corrected chi connectivity index (χ0v) is 17.1. The molecule has 28 heavy (non-hydrogen) atoms. The van der Waals surface area contributed by atoms with Crippen molar-refractivity contribution in [3.8, 4) is 11.5 Å². The molecule has 150 valence electrons. The molecule has 0 heterocycles. The molecule has 0 aliphatic heterocycles. The van der Waals surface area contributed by atoms with Crippen LogP contribution in [0.25, 0.3) is 0 Å². The second kappa shape index (κ2) is 11.8. The largest absolute Gasteiger partial charge is 0.490 e. The van der Waals surface area contributed by atoms with Gasteiger partial charge in [0.15, 0.2) is 6.79 Å². The van der Waals surface area contributed by atoms with E-state index in [1.54, 1.807) is 6.21 Å². The van der Waals surface area contributed by atoms with Crippen LogP contribution in [0.2, 0.25) is 0 Å². The number of hydrogen-bond donors (Lipinski definition) is 0. The van der Waals surface area contributed by atoms with E-state index < -0.39 is 0 Å². The van der Waals surface area contributed by atoms with E-state index in [0.29, 0.717) is 13.2 Å². The minimum Gasteiger partial charge on any atom is -0.490 e. The van der Waals surface area contributed by atoms with Gasteiger partial charge in [0, 0.05) is 12.6 Å². The lowest BCUT2D eigenvalue weighted by Gasteiger charge is -2.14. The van der Waals surface area contributed by atoms with Gasteiger partial charge >= 0.3 is 0 Å². The Morgan fingerprint density at radius 2 is 1.64 bits per heavy atom.